The number of nitrogens with zero attached hydrogens (tertiary/aromatic N) is 3. The lowest BCUT2D eigenvalue weighted by molar-refractivity contribution is -0.138. The third-order valence-corrected chi connectivity index (χ3v) is 5.81. The maximum Gasteiger partial charge on any atom is 0.410 e. The fourth-order valence-corrected chi connectivity index (χ4v) is 4.01. The number of hydrogen-bond acceptors (Lipinski definition) is 6. The number of hydrogen-bond donors (Lipinski definition) is 0. The predicted octanol–water partition coefficient (Wildman–Crippen LogP) is 0.822. The van der Waals surface area contributed by atoms with Gasteiger partial charge < -0.3 is 14.5 Å². The minimum Gasteiger partial charge on any atom is -0.444 e. The van der Waals surface area contributed by atoms with Crippen molar-refractivity contribution < 1.29 is 22.7 Å². The molecule has 0 aliphatic carbocycles. The van der Waals surface area contributed by atoms with Crippen molar-refractivity contribution >= 4 is 21.8 Å². The number of sulfone groups is 1. The van der Waals surface area contributed by atoms with Crippen LogP contribution < -0.4 is 0 Å². The van der Waals surface area contributed by atoms with E-state index in [1.807, 2.05) is 25.7 Å². The molecule has 0 aromatic carbocycles. The fourth-order valence-electron chi connectivity index (χ4n) is 3.42. The van der Waals surface area contributed by atoms with E-state index in [2.05, 4.69) is 4.90 Å². The zero-order chi connectivity index (χ0) is 20.2. The highest BCUT2D eigenvalue weighted by Gasteiger charge is 2.34. The summed E-state index contributed by atoms with van der Waals surface area (Å²) in [4.78, 5) is 30.7. The molecule has 8 nitrogen and oxygen atoms in total. The van der Waals surface area contributed by atoms with Gasteiger partial charge in [0.25, 0.3) is 0 Å². The Kier molecular flexibility index (Phi) is 7.13. The van der Waals surface area contributed by atoms with Gasteiger partial charge >= 0.3 is 6.09 Å². The molecule has 2 aliphatic rings. The van der Waals surface area contributed by atoms with Crippen molar-refractivity contribution in [3.8, 4) is 0 Å². The largest absolute Gasteiger partial charge is 0.444 e. The van der Waals surface area contributed by atoms with Gasteiger partial charge in [0.2, 0.25) is 5.91 Å². The first-order chi connectivity index (χ1) is 12.4. The smallest absolute Gasteiger partial charge is 0.410 e. The maximum atomic E-state index is 12.9. The van der Waals surface area contributed by atoms with Crippen molar-refractivity contribution in [3.63, 3.8) is 0 Å². The predicted molar refractivity (Wildman–Crippen MR) is 103 cm³/mol. The Morgan fingerprint density at radius 2 is 1.67 bits per heavy atom. The highest BCUT2D eigenvalue weighted by Crippen LogP contribution is 2.22. The molecule has 1 atom stereocenters. The zero-order valence-corrected chi connectivity index (χ0v) is 17.8. The molecule has 27 heavy (non-hydrogen) atoms. The quantitative estimate of drug-likeness (QED) is 0.691. The van der Waals surface area contributed by atoms with Gasteiger partial charge in [-0.25, -0.2) is 13.2 Å². The van der Waals surface area contributed by atoms with Gasteiger partial charge in [0, 0.05) is 52.1 Å². The van der Waals surface area contributed by atoms with Crippen molar-refractivity contribution in [2.24, 2.45) is 5.92 Å². The summed E-state index contributed by atoms with van der Waals surface area (Å²) in [6, 6.07) is 0. The molecular formula is C18H33N3O5S. The van der Waals surface area contributed by atoms with Crippen molar-refractivity contribution in [1.29, 1.82) is 0 Å². The van der Waals surface area contributed by atoms with E-state index in [1.165, 1.54) is 6.26 Å². The van der Waals surface area contributed by atoms with E-state index in [9.17, 15) is 18.0 Å². The van der Waals surface area contributed by atoms with Gasteiger partial charge in [-0.05, 0) is 33.6 Å². The summed E-state index contributed by atoms with van der Waals surface area (Å²) in [5.74, 6) is 0.0499. The van der Waals surface area contributed by atoms with E-state index >= 15 is 0 Å². The topological polar surface area (TPSA) is 87.2 Å². The molecule has 0 saturated carbocycles. The summed E-state index contributed by atoms with van der Waals surface area (Å²) in [6.07, 6.45) is 2.47. The molecule has 2 heterocycles. The molecule has 0 N–H and O–H groups in total. The average molecular weight is 404 g/mol. The van der Waals surface area contributed by atoms with Crippen molar-refractivity contribution in [1.82, 2.24) is 14.7 Å². The van der Waals surface area contributed by atoms with Crippen LogP contribution in [0.2, 0.25) is 0 Å². The summed E-state index contributed by atoms with van der Waals surface area (Å²) in [7, 11) is -2.97. The molecule has 2 fully saturated rings. The van der Waals surface area contributed by atoms with Gasteiger partial charge in [-0.2, -0.15) is 0 Å². The number of carbonyl (C=O) groups excluding carboxylic acids is 2. The van der Waals surface area contributed by atoms with Crippen LogP contribution in [0.5, 0.6) is 0 Å². The minimum atomic E-state index is -2.97. The number of rotatable bonds is 4. The van der Waals surface area contributed by atoms with Crippen LogP contribution in [0, 0.1) is 5.92 Å². The van der Waals surface area contributed by atoms with Gasteiger partial charge in [-0.15, -0.1) is 0 Å². The van der Waals surface area contributed by atoms with Crippen LogP contribution in [-0.4, -0.2) is 98.5 Å². The van der Waals surface area contributed by atoms with Crippen LogP contribution >= 0.6 is 0 Å². The Morgan fingerprint density at radius 3 is 2.22 bits per heavy atom. The van der Waals surface area contributed by atoms with E-state index in [1.54, 1.807) is 4.90 Å². The van der Waals surface area contributed by atoms with Crippen LogP contribution in [0.15, 0.2) is 0 Å². The average Bonchev–Trinajstić information content (AvgIpc) is 2.58. The van der Waals surface area contributed by atoms with Gasteiger partial charge in [-0.3, -0.25) is 9.69 Å². The first kappa shape index (κ1) is 21.9. The van der Waals surface area contributed by atoms with Crippen molar-refractivity contribution in [3.05, 3.63) is 0 Å². The third-order valence-electron chi connectivity index (χ3n) is 4.88. The lowest BCUT2D eigenvalue weighted by Gasteiger charge is -2.39. The summed E-state index contributed by atoms with van der Waals surface area (Å²) in [6.45, 7) is 9.61. The Balaban J connectivity index is 1.82. The number of ether oxygens (including phenoxy) is 1. The Bertz CT molecular complexity index is 636. The molecular weight excluding hydrogens is 370 g/mol. The first-order valence-electron chi connectivity index (χ1n) is 9.61. The second kappa shape index (κ2) is 8.77. The molecule has 2 rings (SSSR count). The van der Waals surface area contributed by atoms with Crippen LogP contribution in [0.25, 0.3) is 0 Å². The Morgan fingerprint density at radius 1 is 1.04 bits per heavy atom. The van der Waals surface area contributed by atoms with Crippen LogP contribution in [-0.2, 0) is 19.4 Å². The molecule has 0 aromatic rings. The number of likely N-dealkylation sites (tertiary alicyclic amines) is 1. The standard InChI is InChI=1S/C18H33N3O5S/c1-18(2,3)26-17(23)21-7-5-6-15(14-21)16(22)20-10-8-19(9-11-20)12-13-27(4,24)25/h15H,5-14H2,1-4H3. The summed E-state index contributed by atoms with van der Waals surface area (Å²) < 4.78 is 28.0. The molecule has 0 radical (unpaired) electrons. The molecule has 0 bridgehead atoms. The zero-order valence-electron chi connectivity index (χ0n) is 16.9. The third kappa shape index (κ3) is 7.29. The number of piperidine rings is 1. The summed E-state index contributed by atoms with van der Waals surface area (Å²) >= 11 is 0. The molecule has 156 valence electrons. The van der Waals surface area contributed by atoms with E-state index in [-0.39, 0.29) is 23.7 Å². The Labute approximate surface area is 162 Å². The lowest BCUT2D eigenvalue weighted by Crippen LogP contribution is -2.53. The molecule has 2 saturated heterocycles. The van der Waals surface area contributed by atoms with Gasteiger partial charge in [-0.1, -0.05) is 0 Å². The number of piperazine rings is 1. The Hall–Kier alpha value is -1.35. The molecule has 9 heteroatoms. The fraction of sp³-hybridized carbons (Fsp3) is 0.889. The highest BCUT2D eigenvalue weighted by atomic mass is 32.2. The van der Waals surface area contributed by atoms with Crippen molar-refractivity contribution in [2.45, 2.75) is 39.2 Å². The molecule has 2 amide bonds. The molecule has 0 spiro atoms. The highest BCUT2D eigenvalue weighted by molar-refractivity contribution is 7.90. The van der Waals surface area contributed by atoms with Crippen LogP contribution in [0.1, 0.15) is 33.6 Å². The van der Waals surface area contributed by atoms with E-state index in [4.69, 9.17) is 4.74 Å². The first-order valence-corrected chi connectivity index (χ1v) is 11.7. The molecule has 1 unspecified atom stereocenters. The monoisotopic (exact) mass is 403 g/mol. The molecule has 2 aliphatic heterocycles. The lowest BCUT2D eigenvalue weighted by atomic mass is 9.96. The maximum absolute atomic E-state index is 12.9. The van der Waals surface area contributed by atoms with Crippen LogP contribution in [0.4, 0.5) is 4.79 Å². The van der Waals surface area contributed by atoms with E-state index in [0.717, 1.165) is 12.8 Å². The summed E-state index contributed by atoms with van der Waals surface area (Å²) in [5.41, 5.74) is -0.545. The van der Waals surface area contributed by atoms with Gasteiger partial charge in [0.1, 0.15) is 15.4 Å². The minimum absolute atomic E-state index is 0.0889. The summed E-state index contributed by atoms with van der Waals surface area (Å²) in [5, 5.41) is 0. The van der Waals surface area contributed by atoms with Crippen LogP contribution in [0.3, 0.4) is 0 Å². The van der Waals surface area contributed by atoms with Crippen molar-refractivity contribution in [2.75, 3.05) is 57.8 Å². The molecule has 0 aromatic heterocycles. The second-order valence-corrected chi connectivity index (χ2v) is 10.8. The van der Waals surface area contributed by atoms with Gasteiger partial charge in [0.15, 0.2) is 0 Å². The van der Waals surface area contributed by atoms with Gasteiger partial charge in [0.05, 0.1) is 11.7 Å². The van der Waals surface area contributed by atoms with E-state index in [0.29, 0.717) is 45.8 Å². The number of carbonyl (C=O) groups is 2. The SMILES string of the molecule is CC(C)(C)OC(=O)N1CCCC(C(=O)N2CCN(CCS(C)(=O)=O)CC2)C1. The number of amides is 2. The van der Waals surface area contributed by atoms with E-state index < -0.39 is 15.4 Å². The normalized spacial score (nSPS) is 22.6. The second-order valence-electron chi connectivity index (χ2n) is 8.56.